The summed E-state index contributed by atoms with van der Waals surface area (Å²) in [5.41, 5.74) is 1.19. The van der Waals surface area contributed by atoms with Gasteiger partial charge in [0.15, 0.2) is 5.78 Å². The molecule has 0 saturated carbocycles. The second-order valence-electron chi connectivity index (χ2n) is 6.92. The highest BCUT2D eigenvalue weighted by atomic mass is 16.2. The van der Waals surface area contributed by atoms with Crippen LogP contribution < -0.4 is 10.6 Å². The number of carbonyl (C=O) groups is 3. The van der Waals surface area contributed by atoms with Crippen molar-refractivity contribution in [2.24, 2.45) is 11.8 Å². The molecule has 1 atom stereocenters. The number of rotatable bonds is 5. The molecule has 1 fully saturated rings. The Morgan fingerprint density at radius 1 is 1.28 bits per heavy atom. The highest BCUT2D eigenvalue weighted by Crippen LogP contribution is 2.18. The molecule has 136 valence electrons. The summed E-state index contributed by atoms with van der Waals surface area (Å²) in [5.74, 6) is 0.250. The molecule has 2 N–H and O–H groups in total. The molecule has 0 radical (unpaired) electrons. The van der Waals surface area contributed by atoms with E-state index in [0.717, 1.165) is 12.8 Å². The fourth-order valence-electron chi connectivity index (χ4n) is 2.88. The maximum Gasteiger partial charge on any atom is 0.321 e. The third kappa shape index (κ3) is 5.59. The average Bonchev–Trinajstić information content (AvgIpc) is 2.60. The smallest absolute Gasteiger partial charge is 0.321 e. The second kappa shape index (κ2) is 8.65. The van der Waals surface area contributed by atoms with Crippen molar-refractivity contribution in [1.82, 2.24) is 10.2 Å². The Hall–Kier alpha value is -2.37. The Morgan fingerprint density at radius 2 is 2.04 bits per heavy atom. The molecule has 0 bridgehead atoms. The van der Waals surface area contributed by atoms with Gasteiger partial charge in [-0.2, -0.15) is 0 Å². The number of Topliss-reactive ketones (excluding diaryl/α,β-unsaturated/α-hetero) is 1. The van der Waals surface area contributed by atoms with E-state index in [1.54, 1.807) is 29.2 Å². The zero-order valence-corrected chi connectivity index (χ0v) is 15.2. The monoisotopic (exact) mass is 345 g/mol. The van der Waals surface area contributed by atoms with Crippen LogP contribution in [0.15, 0.2) is 24.3 Å². The minimum absolute atomic E-state index is 0.0310. The van der Waals surface area contributed by atoms with Gasteiger partial charge in [-0.3, -0.25) is 9.59 Å². The zero-order valence-electron chi connectivity index (χ0n) is 15.2. The van der Waals surface area contributed by atoms with Gasteiger partial charge in [0.05, 0.1) is 0 Å². The molecular weight excluding hydrogens is 318 g/mol. The van der Waals surface area contributed by atoms with Gasteiger partial charge < -0.3 is 15.5 Å². The summed E-state index contributed by atoms with van der Waals surface area (Å²) in [6.45, 7) is 7.15. The molecule has 1 aliphatic heterocycles. The Balaban J connectivity index is 1.90. The fraction of sp³-hybridized carbons (Fsp3) is 0.526. The number of anilines is 1. The third-order valence-electron chi connectivity index (χ3n) is 4.42. The number of hydrogen-bond acceptors (Lipinski definition) is 3. The van der Waals surface area contributed by atoms with Crippen LogP contribution >= 0.6 is 0 Å². The Labute approximate surface area is 149 Å². The lowest BCUT2D eigenvalue weighted by Gasteiger charge is -2.33. The van der Waals surface area contributed by atoms with Crippen LogP contribution in [-0.4, -0.2) is 42.3 Å². The molecule has 1 aromatic carbocycles. The van der Waals surface area contributed by atoms with E-state index in [4.69, 9.17) is 0 Å². The summed E-state index contributed by atoms with van der Waals surface area (Å²) < 4.78 is 0. The van der Waals surface area contributed by atoms with E-state index in [1.807, 2.05) is 13.8 Å². The molecule has 25 heavy (non-hydrogen) atoms. The van der Waals surface area contributed by atoms with Crippen LogP contribution in [0.1, 0.15) is 44.0 Å². The van der Waals surface area contributed by atoms with E-state index in [2.05, 4.69) is 10.6 Å². The van der Waals surface area contributed by atoms with Crippen molar-refractivity contribution in [3.63, 3.8) is 0 Å². The second-order valence-corrected chi connectivity index (χ2v) is 6.92. The summed E-state index contributed by atoms with van der Waals surface area (Å²) in [5, 5.41) is 5.80. The minimum atomic E-state index is -0.166. The number of urea groups is 1. The van der Waals surface area contributed by atoms with Crippen LogP contribution in [-0.2, 0) is 4.79 Å². The number of ketones is 1. The van der Waals surface area contributed by atoms with Crippen molar-refractivity contribution >= 4 is 23.4 Å². The predicted octanol–water partition coefficient (Wildman–Crippen LogP) is 2.91. The van der Waals surface area contributed by atoms with Crippen molar-refractivity contribution in [3.8, 4) is 0 Å². The van der Waals surface area contributed by atoms with Crippen LogP contribution in [0.5, 0.6) is 0 Å². The highest BCUT2D eigenvalue weighted by Gasteiger charge is 2.24. The van der Waals surface area contributed by atoms with Gasteiger partial charge in [0, 0.05) is 36.8 Å². The van der Waals surface area contributed by atoms with Crippen molar-refractivity contribution in [3.05, 3.63) is 29.8 Å². The molecule has 6 heteroatoms. The third-order valence-corrected chi connectivity index (χ3v) is 4.42. The van der Waals surface area contributed by atoms with E-state index >= 15 is 0 Å². The predicted molar refractivity (Wildman–Crippen MR) is 97.6 cm³/mol. The van der Waals surface area contributed by atoms with Gasteiger partial charge in [-0.05, 0) is 37.8 Å². The van der Waals surface area contributed by atoms with Crippen LogP contribution in [0.3, 0.4) is 0 Å². The lowest BCUT2D eigenvalue weighted by atomic mass is 9.98. The molecule has 1 heterocycles. The fourth-order valence-corrected chi connectivity index (χ4v) is 2.88. The Morgan fingerprint density at radius 3 is 2.72 bits per heavy atom. The number of nitrogens with zero attached hydrogens (tertiary/aromatic N) is 1. The van der Waals surface area contributed by atoms with Crippen molar-refractivity contribution in [2.45, 2.75) is 33.6 Å². The first kappa shape index (κ1) is 19.0. The van der Waals surface area contributed by atoms with E-state index in [9.17, 15) is 14.4 Å². The molecule has 0 spiro atoms. The van der Waals surface area contributed by atoms with E-state index in [-0.39, 0.29) is 29.6 Å². The first-order chi connectivity index (χ1) is 11.9. The molecular formula is C19H27N3O3. The highest BCUT2D eigenvalue weighted by molar-refractivity contribution is 5.96. The molecule has 6 nitrogen and oxygen atoms in total. The summed E-state index contributed by atoms with van der Waals surface area (Å²) >= 11 is 0. The number of nitrogens with one attached hydrogen (secondary N) is 2. The van der Waals surface area contributed by atoms with Gasteiger partial charge in [-0.25, -0.2) is 4.79 Å². The molecule has 0 unspecified atom stereocenters. The standard InChI is InChI=1S/C19H27N3O3/c1-13(2)18(24)20-11-15-6-5-9-22(12-15)19(25)21-17-8-4-7-16(10-17)14(3)23/h4,7-8,10,13,15H,5-6,9,11-12H2,1-3H3,(H,20,24)(H,21,25)/t15-/m0/s1. The minimum Gasteiger partial charge on any atom is -0.356 e. The van der Waals surface area contributed by atoms with E-state index in [1.165, 1.54) is 6.92 Å². The van der Waals surface area contributed by atoms with Crippen LogP contribution in [0.25, 0.3) is 0 Å². The lowest BCUT2D eigenvalue weighted by Crippen LogP contribution is -2.45. The maximum absolute atomic E-state index is 12.5. The quantitative estimate of drug-likeness (QED) is 0.806. The van der Waals surface area contributed by atoms with Gasteiger partial charge in [-0.15, -0.1) is 0 Å². The number of piperidine rings is 1. The van der Waals surface area contributed by atoms with Gasteiger partial charge in [0.25, 0.3) is 0 Å². The maximum atomic E-state index is 12.5. The van der Waals surface area contributed by atoms with Crippen LogP contribution in [0.2, 0.25) is 0 Å². The zero-order chi connectivity index (χ0) is 18.4. The van der Waals surface area contributed by atoms with E-state index in [0.29, 0.717) is 30.9 Å². The van der Waals surface area contributed by atoms with Gasteiger partial charge in [0.2, 0.25) is 5.91 Å². The topological polar surface area (TPSA) is 78.5 Å². The SMILES string of the molecule is CC(=O)c1cccc(NC(=O)N2CCC[C@@H](CNC(=O)C(C)C)C2)c1. The number of carbonyl (C=O) groups excluding carboxylic acids is 3. The number of hydrogen-bond donors (Lipinski definition) is 2. The Bertz CT molecular complexity index is 643. The van der Waals surface area contributed by atoms with Crippen LogP contribution in [0.4, 0.5) is 10.5 Å². The average molecular weight is 345 g/mol. The largest absolute Gasteiger partial charge is 0.356 e. The van der Waals surface area contributed by atoms with Gasteiger partial charge in [0.1, 0.15) is 0 Å². The van der Waals surface area contributed by atoms with Crippen molar-refractivity contribution < 1.29 is 14.4 Å². The summed E-state index contributed by atoms with van der Waals surface area (Å²) in [7, 11) is 0. The number of benzene rings is 1. The van der Waals surface area contributed by atoms with E-state index < -0.39 is 0 Å². The lowest BCUT2D eigenvalue weighted by molar-refractivity contribution is -0.124. The van der Waals surface area contributed by atoms with Gasteiger partial charge >= 0.3 is 6.03 Å². The normalized spacial score (nSPS) is 17.3. The molecule has 0 aliphatic carbocycles. The van der Waals surface area contributed by atoms with Crippen molar-refractivity contribution in [1.29, 1.82) is 0 Å². The summed E-state index contributed by atoms with van der Waals surface area (Å²) in [4.78, 5) is 37.4. The number of likely N-dealkylation sites (tertiary alicyclic amines) is 1. The first-order valence-electron chi connectivity index (χ1n) is 8.81. The molecule has 1 aromatic rings. The van der Waals surface area contributed by atoms with Crippen LogP contribution in [0, 0.1) is 11.8 Å². The molecule has 3 amide bonds. The van der Waals surface area contributed by atoms with Crippen molar-refractivity contribution in [2.75, 3.05) is 25.0 Å². The number of amides is 3. The Kier molecular flexibility index (Phi) is 6.56. The molecule has 2 rings (SSSR count). The molecule has 1 saturated heterocycles. The molecule has 0 aromatic heterocycles. The first-order valence-corrected chi connectivity index (χ1v) is 8.81. The summed E-state index contributed by atoms with van der Waals surface area (Å²) in [6.07, 6.45) is 1.92. The summed E-state index contributed by atoms with van der Waals surface area (Å²) in [6, 6.07) is 6.78. The van der Waals surface area contributed by atoms with Gasteiger partial charge in [-0.1, -0.05) is 26.0 Å². The molecule has 1 aliphatic rings.